The highest BCUT2D eigenvalue weighted by Gasteiger charge is 2.12. The SMILES string of the molecule is C=CCN(CC=C)C(=O)COc1cncc(C(=O)O)c1. The predicted molar refractivity (Wildman–Crippen MR) is 73.7 cm³/mol. The number of amides is 1. The molecule has 0 bridgehead atoms. The lowest BCUT2D eigenvalue weighted by Gasteiger charge is -2.19. The fourth-order valence-corrected chi connectivity index (χ4v) is 1.44. The van der Waals surface area contributed by atoms with Crippen LogP contribution in [0.4, 0.5) is 0 Å². The van der Waals surface area contributed by atoms with Crippen LogP contribution in [0.1, 0.15) is 10.4 Å². The molecule has 1 aromatic rings. The van der Waals surface area contributed by atoms with Crippen molar-refractivity contribution in [3.63, 3.8) is 0 Å². The number of nitrogens with zero attached hydrogens (tertiary/aromatic N) is 2. The molecule has 1 heterocycles. The quantitative estimate of drug-likeness (QED) is 0.725. The standard InChI is InChI=1S/C14H16N2O4/c1-3-5-16(6-4-2)13(17)10-20-12-7-11(14(18)19)8-15-9-12/h3-4,7-9H,1-2,5-6,10H2,(H,18,19). The zero-order valence-electron chi connectivity index (χ0n) is 11.0. The van der Waals surface area contributed by atoms with Gasteiger partial charge in [0.2, 0.25) is 0 Å². The minimum Gasteiger partial charge on any atom is -0.482 e. The Bertz CT molecular complexity index is 504. The predicted octanol–water partition coefficient (Wildman–Crippen LogP) is 1.36. The highest BCUT2D eigenvalue weighted by Crippen LogP contribution is 2.11. The van der Waals surface area contributed by atoms with Gasteiger partial charge in [-0.25, -0.2) is 4.79 Å². The van der Waals surface area contributed by atoms with E-state index in [9.17, 15) is 9.59 Å². The number of carbonyl (C=O) groups excluding carboxylic acids is 1. The molecule has 6 nitrogen and oxygen atoms in total. The Morgan fingerprint density at radius 2 is 1.95 bits per heavy atom. The molecule has 0 aliphatic carbocycles. The summed E-state index contributed by atoms with van der Waals surface area (Å²) in [5, 5.41) is 8.82. The van der Waals surface area contributed by atoms with E-state index in [0.717, 1.165) is 0 Å². The molecule has 0 saturated carbocycles. The first kappa shape index (κ1) is 15.4. The van der Waals surface area contributed by atoms with Crippen LogP contribution in [0.15, 0.2) is 43.8 Å². The molecule has 1 N–H and O–H groups in total. The Labute approximate surface area is 117 Å². The van der Waals surface area contributed by atoms with Gasteiger partial charge in [-0.1, -0.05) is 12.2 Å². The Morgan fingerprint density at radius 3 is 2.50 bits per heavy atom. The number of ether oxygens (including phenoxy) is 1. The van der Waals surface area contributed by atoms with E-state index < -0.39 is 5.97 Å². The Hall–Kier alpha value is -2.63. The van der Waals surface area contributed by atoms with E-state index in [0.29, 0.717) is 13.1 Å². The van der Waals surface area contributed by atoms with E-state index in [-0.39, 0.29) is 23.8 Å². The number of carboxylic acid groups (broad SMARTS) is 1. The minimum atomic E-state index is -1.10. The third kappa shape index (κ3) is 4.56. The Morgan fingerprint density at radius 1 is 1.30 bits per heavy atom. The number of carbonyl (C=O) groups is 2. The van der Waals surface area contributed by atoms with Crippen LogP contribution in [0.5, 0.6) is 5.75 Å². The van der Waals surface area contributed by atoms with Crippen molar-refractivity contribution in [1.82, 2.24) is 9.88 Å². The van der Waals surface area contributed by atoms with Crippen molar-refractivity contribution in [3.8, 4) is 5.75 Å². The smallest absolute Gasteiger partial charge is 0.337 e. The van der Waals surface area contributed by atoms with Crippen LogP contribution in [0, 0.1) is 0 Å². The van der Waals surface area contributed by atoms with E-state index in [1.165, 1.54) is 23.4 Å². The van der Waals surface area contributed by atoms with Crippen LogP contribution in [0.3, 0.4) is 0 Å². The van der Waals surface area contributed by atoms with Gasteiger partial charge < -0.3 is 14.7 Å². The zero-order valence-corrected chi connectivity index (χ0v) is 11.0. The van der Waals surface area contributed by atoms with Crippen LogP contribution < -0.4 is 4.74 Å². The fraction of sp³-hybridized carbons (Fsp3) is 0.214. The normalized spacial score (nSPS) is 9.60. The third-order valence-electron chi connectivity index (χ3n) is 2.37. The number of hydrogen-bond donors (Lipinski definition) is 1. The minimum absolute atomic E-state index is 0.00369. The van der Waals surface area contributed by atoms with Crippen LogP contribution in [-0.2, 0) is 4.79 Å². The van der Waals surface area contributed by atoms with Gasteiger partial charge in [-0.2, -0.15) is 0 Å². The molecule has 0 fully saturated rings. The monoisotopic (exact) mass is 276 g/mol. The third-order valence-corrected chi connectivity index (χ3v) is 2.37. The topological polar surface area (TPSA) is 79.7 Å². The van der Waals surface area contributed by atoms with Crippen molar-refractivity contribution in [1.29, 1.82) is 0 Å². The van der Waals surface area contributed by atoms with Crippen LogP contribution in [-0.4, -0.2) is 46.6 Å². The van der Waals surface area contributed by atoms with E-state index in [1.54, 1.807) is 12.2 Å². The molecule has 0 aliphatic rings. The first-order chi connectivity index (χ1) is 9.58. The maximum atomic E-state index is 11.9. The molecule has 0 spiro atoms. The molecular weight excluding hydrogens is 260 g/mol. The molecule has 0 aliphatic heterocycles. The summed E-state index contributed by atoms with van der Waals surface area (Å²) in [6, 6.07) is 1.31. The van der Waals surface area contributed by atoms with E-state index in [1.807, 2.05) is 0 Å². The first-order valence-corrected chi connectivity index (χ1v) is 5.89. The number of rotatable bonds is 8. The van der Waals surface area contributed by atoms with Gasteiger partial charge in [-0.15, -0.1) is 13.2 Å². The Balaban J connectivity index is 2.63. The number of carboxylic acids is 1. The van der Waals surface area contributed by atoms with Crippen molar-refractivity contribution >= 4 is 11.9 Å². The maximum absolute atomic E-state index is 11.9. The van der Waals surface area contributed by atoms with Crippen LogP contribution in [0.2, 0.25) is 0 Å². The zero-order chi connectivity index (χ0) is 15.0. The van der Waals surface area contributed by atoms with E-state index in [2.05, 4.69) is 18.1 Å². The summed E-state index contributed by atoms with van der Waals surface area (Å²) in [6.07, 6.45) is 5.77. The number of aromatic nitrogens is 1. The van der Waals surface area contributed by atoms with Gasteiger partial charge >= 0.3 is 5.97 Å². The second kappa shape index (κ2) is 7.73. The molecule has 106 valence electrons. The molecular formula is C14H16N2O4. The van der Waals surface area contributed by atoms with Crippen molar-refractivity contribution in [2.24, 2.45) is 0 Å². The molecule has 0 unspecified atom stereocenters. The second-order valence-corrected chi connectivity index (χ2v) is 3.88. The van der Waals surface area contributed by atoms with Crippen molar-refractivity contribution < 1.29 is 19.4 Å². The van der Waals surface area contributed by atoms with E-state index >= 15 is 0 Å². The molecule has 0 radical (unpaired) electrons. The van der Waals surface area contributed by atoms with Gasteiger partial charge in [0, 0.05) is 19.3 Å². The molecule has 0 saturated heterocycles. The molecule has 0 aromatic carbocycles. The lowest BCUT2D eigenvalue weighted by Crippen LogP contribution is -2.35. The lowest BCUT2D eigenvalue weighted by molar-refractivity contribution is -0.132. The molecule has 0 atom stereocenters. The van der Waals surface area contributed by atoms with Gasteiger partial charge in [0.1, 0.15) is 5.75 Å². The number of pyridine rings is 1. The van der Waals surface area contributed by atoms with E-state index in [4.69, 9.17) is 9.84 Å². The number of hydrogen-bond acceptors (Lipinski definition) is 4. The summed E-state index contributed by atoms with van der Waals surface area (Å²) in [6.45, 7) is 7.72. The maximum Gasteiger partial charge on any atom is 0.337 e. The summed E-state index contributed by atoms with van der Waals surface area (Å²) in [7, 11) is 0. The molecule has 1 rings (SSSR count). The lowest BCUT2D eigenvalue weighted by atomic mass is 10.3. The van der Waals surface area contributed by atoms with Crippen molar-refractivity contribution in [3.05, 3.63) is 49.3 Å². The first-order valence-electron chi connectivity index (χ1n) is 5.89. The highest BCUT2D eigenvalue weighted by molar-refractivity contribution is 5.87. The van der Waals surface area contributed by atoms with Crippen molar-refractivity contribution in [2.75, 3.05) is 19.7 Å². The summed E-state index contributed by atoms with van der Waals surface area (Å²) < 4.78 is 5.25. The molecule has 1 aromatic heterocycles. The van der Waals surface area contributed by atoms with Gasteiger partial charge in [0.15, 0.2) is 6.61 Å². The van der Waals surface area contributed by atoms with Gasteiger partial charge in [0.25, 0.3) is 5.91 Å². The average molecular weight is 276 g/mol. The largest absolute Gasteiger partial charge is 0.482 e. The van der Waals surface area contributed by atoms with Crippen LogP contribution in [0.25, 0.3) is 0 Å². The molecule has 1 amide bonds. The van der Waals surface area contributed by atoms with Crippen molar-refractivity contribution in [2.45, 2.75) is 0 Å². The second-order valence-electron chi connectivity index (χ2n) is 3.88. The average Bonchev–Trinajstić information content (AvgIpc) is 2.45. The van der Waals surface area contributed by atoms with Gasteiger partial charge in [0.05, 0.1) is 11.8 Å². The fourth-order valence-electron chi connectivity index (χ4n) is 1.44. The Kier molecular flexibility index (Phi) is 5.96. The summed E-state index contributed by atoms with van der Waals surface area (Å²) >= 11 is 0. The molecule has 20 heavy (non-hydrogen) atoms. The highest BCUT2D eigenvalue weighted by atomic mass is 16.5. The van der Waals surface area contributed by atoms with Gasteiger partial charge in [-0.3, -0.25) is 9.78 Å². The molecule has 6 heteroatoms. The summed E-state index contributed by atoms with van der Waals surface area (Å²) in [5.74, 6) is -1.12. The van der Waals surface area contributed by atoms with Gasteiger partial charge in [-0.05, 0) is 6.07 Å². The number of aromatic carboxylic acids is 1. The van der Waals surface area contributed by atoms with Crippen LogP contribution >= 0.6 is 0 Å². The summed E-state index contributed by atoms with van der Waals surface area (Å²) in [4.78, 5) is 27.9. The summed E-state index contributed by atoms with van der Waals surface area (Å²) in [5.41, 5.74) is 0.00369.